The van der Waals surface area contributed by atoms with E-state index in [1.54, 1.807) is 0 Å². The lowest BCUT2D eigenvalue weighted by molar-refractivity contribution is 1.21. The molecule has 0 aliphatic carbocycles. The first-order valence-electron chi connectivity index (χ1n) is 6.78. The molecule has 0 radical (unpaired) electrons. The maximum absolute atomic E-state index is 4.82. The predicted octanol–water partition coefficient (Wildman–Crippen LogP) is 5.86. The fourth-order valence-corrected chi connectivity index (χ4v) is 3.66. The third-order valence-corrected chi connectivity index (χ3v) is 4.33. The number of benzene rings is 2. The molecule has 0 amide bonds. The summed E-state index contributed by atoms with van der Waals surface area (Å²) in [5.41, 5.74) is 4.16. The molecular formula is C17H14Br2N2. The standard InChI is InChI=1S/C17H14Br2N2/c1-2-20-16-10-15(11-6-4-3-5-7-11)21-17-13(16)8-12(18)9-14(17)19/h3-10H,2H2,1H3,(H,20,21). The van der Waals surface area contributed by atoms with E-state index in [9.17, 15) is 0 Å². The Balaban J connectivity index is 2.29. The average molecular weight is 406 g/mol. The van der Waals surface area contributed by atoms with Crippen LogP contribution in [0.15, 0.2) is 57.5 Å². The Morgan fingerprint density at radius 2 is 1.81 bits per heavy atom. The zero-order valence-corrected chi connectivity index (χ0v) is 14.7. The maximum atomic E-state index is 4.82. The van der Waals surface area contributed by atoms with Crippen LogP contribution < -0.4 is 5.32 Å². The third kappa shape index (κ3) is 2.97. The van der Waals surface area contributed by atoms with Crippen molar-refractivity contribution >= 4 is 48.5 Å². The summed E-state index contributed by atoms with van der Waals surface area (Å²) in [7, 11) is 0. The number of fused-ring (bicyclic) bond motifs is 1. The van der Waals surface area contributed by atoms with E-state index >= 15 is 0 Å². The highest BCUT2D eigenvalue weighted by Gasteiger charge is 2.10. The summed E-state index contributed by atoms with van der Waals surface area (Å²) in [6, 6.07) is 16.5. The Labute approximate surface area is 140 Å². The van der Waals surface area contributed by atoms with Crippen LogP contribution in [0.2, 0.25) is 0 Å². The Bertz CT molecular complexity index is 786. The second kappa shape index (κ2) is 6.16. The molecule has 21 heavy (non-hydrogen) atoms. The lowest BCUT2D eigenvalue weighted by atomic mass is 10.1. The highest BCUT2D eigenvalue weighted by molar-refractivity contribution is 9.11. The number of rotatable bonds is 3. The minimum Gasteiger partial charge on any atom is -0.385 e. The zero-order valence-electron chi connectivity index (χ0n) is 11.5. The second-order valence-corrected chi connectivity index (χ2v) is 6.51. The van der Waals surface area contributed by atoms with Gasteiger partial charge in [-0.15, -0.1) is 0 Å². The van der Waals surface area contributed by atoms with E-state index in [1.807, 2.05) is 24.3 Å². The monoisotopic (exact) mass is 404 g/mol. The molecule has 1 aromatic heterocycles. The van der Waals surface area contributed by atoms with Crippen LogP contribution in [0.25, 0.3) is 22.2 Å². The first kappa shape index (κ1) is 14.5. The van der Waals surface area contributed by atoms with Gasteiger partial charge in [0.1, 0.15) is 0 Å². The highest BCUT2D eigenvalue weighted by atomic mass is 79.9. The molecular weight excluding hydrogens is 392 g/mol. The van der Waals surface area contributed by atoms with Crippen LogP contribution in [-0.2, 0) is 0 Å². The molecule has 2 aromatic carbocycles. The van der Waals surface area contributed by atoms with E-state index in [0.29, 0.717) is 0 Å². The van der Waals surface area contributed by atoms with Crippen molar-refractivity contribution < 1.29 is 0 Å². The van der Waals surface area contributed by atoms with Crippen molar-refractivity contribution in [1.82, 2.24) is 4.98 Å². The summed E-state index contributed by atoms with van der Waals surface area (Å²) in [5, 5.41) is 4.54. The number of halogens is 2. The van der Waals surface area contributed by atoms with E-state index < -0.39 is 0 Å². The lowest BCUT2D eigenvalue weighted by Gasteiger charge is -2.12. The predicted molar refractivity (Wildman–Crippen MR) is 96.7 cm³/mol. The van der Waals surface area contributed by atoms with Gasteiger partial charge in [0.25, 0.3) is 0 Å². The van der Waals surface area contributed by atoms with Gasteiger partial charge in [0, 0.05) is 32.1 Å². The largest absolute Gasteiger partial charge is 0.385 e. The van der Waals surface area contributed by atoms with Gasteiger partial charge >= 0.3 is 0 Å². The number of pyridine rings is 1. The maximum Gasteiger partial charge on any atom is 0.0873 e. The van der Waals surface area contributed by atoms with Crippen molar-refractivity contribution in [1.29, 1.82) is 0 Å². The quantitative estimate of drug-likeness (QED) is 0.590. The molecule has 106 valence electrons. The molecule has 0 unspecified atom stereocenters. The van der Waals surface area contributed by atoms with Gasteiger partial charge in [-0.05, 0) is 41.1 Å². The molecule has 3 aromatic rings. The number of hydrogen-bond donors (Lipinski definition) is 1. The van der Waals surface area contributed by atoms with Crippen LogP contribution >= 0.6 is 31.9 Å². The van der Waals surface area contributed by atoms with Crippen LogP contribution in [0.4, 0.5) is 5.69 Å². The minimum absolute atomic E-state index is 0.872. The van der Waals surface area contributed by atoms with Gasteiger partial charge in [0.05, 0.1) is 11.2 Å². The Kier molecular flexibility index (Phi) is 4.27. The Morgan fingerprint density at radius 3 is 2.52 bits per heavy atom. The van der Waals surface area contributed by atoms with E-state index in [1.165, 1.54) is 0 Å². The fraction of sp³-hybridized carbons (Fsp3) is 0.118. The van der Waals surface area contributed by atoms with Crippen LogP contribution in [0, 0.1) is 0 Å². The Morgan fingerprint density at radius 1 is 1.05 bits per heavy atom. The van der Waals surface area contributed by atoms with E-state index in [2.05, 4.69) is 68.4 Å². The molecule has 0 bridgehead atoms. The van der Waals surface area contributed by atoms with Crippen molar-refractivity contribution in [3.63, 3.8) is 0 Å². The molecule has 0 fully saturated rings. The SMILES string of the molecule is CCNc1cc(-c2ccccc2)nc2c(Br)cc(Br)cc12. The molecule has 3 rings (SSSR count). The van der Waals surface area contributed by atoms with Gasteiger partial charge in [-0.2, -0.15) is 0 Å². The van der Waals surface area contributed by atoms with Gasteiger partial charge in [-0.25, -0.2) is 4.98 Å². The number of nitrogens with zero attached hydrogens (tertiary/aromatic N) is 1. The summed E-state index contributed by atoms with van der Waals surface area (Å²) in [4.78, 5) is 4.82. The summed E-state index contributed by atoms with van der Waals surface area (Å²) in [5.74, 6) is 0. The first-order valence-corrected chi connectivity index (χ1v) is 8.36. The van der Waals surface area contributed by atoms with Gasteiger partial charge in [-0.3, -0.25) is 0 Å². The molecule has 4 heteroatoms. The smallest absolute Gasteiger partial charge is 0.0873 e. The third-order valence-electron chi connectivity index (χ3n) is 3.27. The van der Waals surface area contributed by atoms with Crippen LogP contribution in [-0.4, -0.2) is 11.5 Å². The van der Waals surface area contributed by atoms with E-state index in [4.69, 9.17) is 4.98 Å². The normalized spacial score (nSPS) is 10.8. The van der Waals surface area contributed by atoms with Gasteiger partial charge in [0.15, 0.2) is 0 Å². The van der Waals surface area contributed by atoms with Crippen LogP contribution in [0.1, 0.15) is 6.92 Å². The van der Waals surface area contributed by atoms with E-state index in [0.717, 1.165) is 43.3 Å². The molecule has 0 saturated heterocycles. The molecule has 2 nitrogen and oxygen atoms in total. The Hall–Kier alpha value is -1.39. The number of anilines is 1. The van der Waals surface area contributed by atoms with E-state index in [-0.39, 0.29) is 0 Å². The van der Waals surface area contributed by atoms with Crippen molar-refractivity contribution in [2.45, 2.75) is 6.92 Å². The highest BCUT2D eigenvalue weighted by Crippen LogP contribution is 2.34. The fourth-order valence-electron chi connectivity index (χ4n) is 2.35. The van der Waals surface area contributed by atoms with Gasteiger partial charge in [-0.1, -0.05) is 46.3 Å². The summed E-state index contributed by atoms with van der Waals surface area (Å²) >= 11 is 7.17. The molecule has 0 aliphatic rings. The number of aromatic nitrogens is 1. The summed E-state index contributed by atoms with van der Waals surface area (Å²) in [6.07, 6.45) is 0. The molecule has 0 saturated carbocycles. The van der Waals surface area contributed by atoms with Crippen molar-refractivity contribution in [3.05, 3.63) is 57.5 Å². The summed E-state index contributed by atoms with van der Waals surface area (Å²) < 4.78 is 2.03. The van der Waals surface area contributed by atoms with Gasteiger partial charge < -0.3 is 5.32 Å². The molecule has 1 heterocycles. The van der Waals surface area contributed by atoms with Crippen molar-refractivity contribution in [3.8, 4) is 11.3 Å². The lowest BCUT2D eigenvalue weighted by Crippen LogP contribution is -1.99. The van der Waals surface area contributed by atoms with Crippen molar-refractivity contribution in [2.24, 2.45) is 0 Å². The summed E-state index contributed by atoms with van der Waals surface area (Å²) in [6.45, 7) is 2.97. The van der Waals surface area contributed by atoms with Crippen LogP contribution in [0.3, 0.4) is 0 Å². The molecule has 1 N–H and O–H groups in total. The van der Waals surface area contributed by atoms with Crippen LogP contribution in [0.5, 0.6) is 0 Å². The second-order valence-electron chi connectivity index (χ2n) is 4.74. The minimum atomic E-state index is 0.872. The van der Waals surface area contributed by atoms with Crippen molar-refractivity contribution in [2.75, 3.05) is 11.9 Å². The topological polar surface area (TPSA) is 24.9 Å². The molecule has 0 aliphatic heterocycles. The number of nitrogens with one attached hydrogen (secondary N) is 1. The average Bonchev–Trinajstić information content (AvgIpc) is 2.49. The molecule has 0 atom stereocenters. The number of hydrogen-bond acceptors (Lipinski definition) is 2. The zero-order chi connectivity index (χ0) is 14.8. The first-order chi connectivity index (χ1) is 10.2. The van der Waals surface area contributed by atoms with Gasteiger partial charge in [0.2, 0.25) is 0 Å². The molecule has 0 spiro atoms.